The Morgan fingerprint density at radius 1 is 1.45 bits per heavy atom. The van der Waals surface area contributed by atoms with E-state index in [1.165, 1.54) is 13.3 Å². The molecule has 20 heavy (non-hydrogen) atoms. The van der Waals surface area contributed by atoms with Crippen LogP contribution in [0.4, 0.5) is 5.69 Å². The zero-order valence-corrected chi connectivity index (χ0v) is 11.8. The van der Waals surface area contributed by atoms with Gasteiger partial charge in [0.15, 0.2) is 11.6 Å². The van der Waals surface area contributed by atoms with Crippen molar-refractivity contribution in [3.05, 3.63) is 35.9 Å². The Morgan fingerprint density at radius 2 is 2.20 bits per heavy atom. The summed E-state index contributed by atoms with van der Waals surface area (Å²) in [4.78, 5) is 15.7. The van der Waals surface area contributed by atoms with Crippen LogP contribution in [0.15, 0.2) is 24.5 Å². The van der Waals surface area contributed by atoms with Gasteiger partial charge in [0.2, 0.25) is 0 Å². The van der Waals surface area contributed by atoms with Gasteiger partial charge in [0.25, 0.3) is 0 Å². The number of anilines is 1. The molecular weight excluding hydrogens is 256 g/mol. The van der Waals surface area contributed by atoms with Crippen molar-refractivity contribution in [1.29, 1.82) is 0 Å². The third kappa shape index (κ3) is 2.96. The monoisotopic (exact) mass is 274 g/mol. The highest BCUT2D eigenvalue weighted by atomic mass is 16.5. The molecule has 1 aromatic carbocycles. The van der Waals surface area contributed by atoms with Gasteiger partial charge in [-0.3, -0.25) is 4.79 Å². The minimum atomic E-state index is -0.0855. The lowest BCUT2D eigenvalue weighted by Crippen LogP contribution is -2.11. The van der Waals surface area contributed by atoms with Crippen LogP contribution in [0.3, 0.4) is 0 Å². The molecule has 2 rings (SSSR count). The molecule has 0 aliphatic carbocycles. The normalized spacial score (nSPS) is 10.8. The number of benzene rings is 1. The van der Waals surface area contributed by atoms with E-state index >= 15 is 0 Å². The van der Waals surface area contributed by atoms with Crippen LogP contribution in [0.5, 0.6) is 5.75 Å². The third-order valence-electron chi connectivity index (χ3n) is 2.88. The SMILES string of the molecule is CC(=O)c1cc(N)ccc1OCc1ncnn1C(C)C. The molecule has 0 saturated carbocycles. The number of nitrogen functional groups attached to an aromatic ring is 1. The molecule has 0 aliphatic rings. The zero-order valence-electron chi connectivity index (χ0n) is 11.8. The van der Waals surface area contributed by atoms with E-state index < -0.39 is 0 Å². The maximum Gasteiger partial charge on any atom is 0.165 e. The fourth-order valence-electron chi connectivity index (χ4n) is 1.90. The number of Topliss-reactive ketones (excluding diaryl/α,β-unsaturated/α-hetero) is 1. The number of carbonyl (C=O) groups is 1. The molecular formula is C14H18N4O2. The molecule has 0 fully saturated rings. The van der Waals surface area contributed by atoms with E-state index in [4.69, 9.17) is 10.5 Å². The molecule has 0 radical (unpaired) electrons. The first-order valence-electron chi connectivity index (χ1n) is 6.40. The average molecular weight is 274 g/mol. The highest BCUT2D eigenvalue weighted by Crippen LogP contribution is 2.23. The van der Waals surface area contributed by atoms with E-state index in [-0.39, 0.29) is 18.4 Å². The second kappa shape index (κ2) is 5.73. The van der Waals surface area contributed by atoms with E-state index in [1.807, 2.05) is 13.8 Å². The minimum Gasteiger partial charge on any atom is -0.485 e. The first-order valence-corrected chi connectivity index (χ1v) is 6.40. The van der Waals surface area contributed by atoms with Gasteiger partial charge in [0.1, 0.15) is 18.7 Å². The lowest BCUT2D eigenvalue weighted by molar-refractivity contribution is 0.101. The van der Waals surface area contributed by atoms with Crippen molar-refractivity contribution >= 4 is 11.5 Å². The van der Waals surface area contributed by atoms with Crippen molar-refractivity contribution in [1.82, 2.24) is 14.8 Å². The first kappa shape index (κ1) is 14.0. The summed E-state index contributed by atoms with van der Waals surface area (Å²) in [6.07, 6.45) is 1.49. The Morgan fingerprint density at radius 3 is 2.85 bits per heavy atom. The largest absolute Gasteiger partial charge is 0.485 e. The van der Waals surface area contributed by atoms with Gasteiger partial charge in [-0.15, -0.1) is 0 Å². The highest BCUT2D eigenvalue weighted by molar-refractivity contribution is 5.97. The van der Waals surface area contributed by atoms with Gasteiger partial charge in [-0.1, -0.05) is 0 Å². The predicted molar refractivity (Wildman–Crippen MR) is 75.6 cm³/mol. The second-order valence-corrected chi connectivity index (χ2v) is 4.82. The molecule has 0 bridgehead atoms. The quantitative estimate of drug-likeness (QED) is 0.667. The second-order valence-electron chi connectivity index (χ2n) is 4.82. The van der Waals surface area contributed by atoms with E-state index in [0.29, 0.717) is 22.8 Å². The molecule has 2 N–H and O–H groups in total. The lowest BCUT2D eigenvalue weighted by Gasteiger charge is -2.12. The Kier molecular flexibility index (Phi) is 4.02. The summed E-state index contributed by atoms with van der Waals surface area (Å²) in [7, 11) is 0. The van der Waals surface area contributed by atoms with Crippen molar-refractivity contribution in [2.75, 3.05) is 5.73 Å². The molecule has 0 saturated heterocycles. The highest BCUT2D eigenvalue weighted by Gasteiger charge is 2.12. The van der Waals surface area contributed by atoms with Crippen LogP contribution in [0.2, 0.25) is 0 Å². The van der Waals surface area contributed by atoms with Crippen molar-refractivity contribution in [3.8, 4) is 5.75 Å². The summed E-state index contributed by atoms with van der Waals surface area (Å²) >= 11 is 0. The number of hydrogen-bond donors (Lipinski definition) is 1. The van der Waals surface area contributed by atoms with E-state index in [1.54, 1.807) is 22.9 Å². The van der Waals surface area contributed by atoms with Crippen LogP contribution >= 0.6 is 0 Å². The van der Waals surface area contributed by atoms with Crippen LogP contribution in [0.25, 0.3) is 0 Å². The number of nitrogens with zero attached hydrogens (tertiary/aromatic N) is 3. The van der Waals surface area contributed by atoms with Crippen LogP contribution in [-0.4, -0.2) is 20.5 Å². The Hall–Kier alpha value is -2.37. The molecule has 0 amide bonds. The van der Waals surface area contributed by atoms with Gasteiger partial charge in [-0.25, -0.2) is 9.67 Å². The molecule has 0 atom stereocenters. The number of aromatic nitrogens is 3. The Bertz CT molecular complexity index is 619. The van der Waals surface area contributed by atoms with Gasteiger partial charge in [0.05, 0.1) is 5.56 Å². The standard InChI is InChI=1S/C14H18N4O2/c1-9(2)18-14(16-8-17-18)7-20-13-5-4-11(15)6-12(13)10(3)19/h4-6,8-9H,7,15H2,1-3H3. The Balaban J connectivity index is 2.19. The number of rotatable bonds is 5. The average Bonchev–Trinajstić information content (AvgIpc) is 2.85. The summed E-state index contributed by atoms with van der Waals surface area (Å²) in [5, 5.41) is 4.14. The summed E-state index contributed by atoms with van der Waals surface area (Å²) in [6, 6.07) is 5.22. The Labute approximate surface area is 117 Å². The van der Waals surface area contributed by atoms with Gasteiger partial charge >= 0.3 is 0 Å². The summed E-state index contributed by atoms with van der Waals surface area (Å²) in [5.74, 6) is 1.13. The van der Waals surface area contributed by atoms with Crippen molar-refractivity contribution in [2.45, 2.75) is 33.4 Å². The fraction of sp³-hybridized carbons (Fsp3) is 0.357. The lowest BCUT2D eigenvalue weighted by atomic mass is 10.1. The number of ether oxygens (including phenoxy) is 1. The van der Waals surface area contributed by atoms with Crippen LogP contribution in [0, 0.1) is 0 Å². The molecule has 1 heterocycles. The molecule has 0 aliphatic heterocycles. The zero-order chi connectivity index (χ0) is 14.7. The molecule has 0 spiro atoms. The van der Waals surface area contributed by atoms with Crippen molar-refractivity contribution in [2.24, 2.45) is 0 Å². The van der Waals surface area contributed by atoms with Crippen molar-refractivity contribution in [3.63, 3.8) is 0 Å². The van der Waals surface area contributed by atoms with Crippen LogP contribution in [-0.2, 0) is 6.61 Å². The van der Waals surface area contributed by atoms with Crippen LogP contribution < -0.4 is 10.5 Å². The van der Waals surface area contributed by atoms with Gasteiger partial charge in [-0.2, -0.15) is 5.10 Å². The predicted octanol–water partition coefficient (Wildman–Crippen LogP) is 2.22. The summed E-state index contributed by atoms with van der Waals surface area (Å²) in [5.41, 5.74) is 6.69. The third-order valence-corrected chi connectivity index (χ3v) is 2.88. The molecule has 6 heteroatoms. The van der Waals surface area contributed by atoms with E-state index in [9.17, 15) is 4.79 Å². The molecule has 1 aromatic heterocycles. The fourth-order valence-corrected chi connectivity index (χ4v) is 1.90. The first-order chi connectivity index (χ1) is 9.49. The van der Waals surface area contributed by atoms with Gasteiger partial charge < -0.3 is 10.5 Å². The number of hydrogen-bond acceptors (Lipinski definition) is 5. The summed E-state index contributed by atoms with van der Waals surface area (Å²) < 4.78 is 7.47. The maximum absolute atomic E-state index is 11.6. The summed E-state index contributed by atoms with van der Waals surface area (Å²) in [6.45, 7) is 5.77. The van der Waals surface area contributed by atoms with Gasteiger partial charge in [0, 0.05) is 11.7 Å². The number of carbonyl (C=O) groups excluding carboxylic acids is 1. The van der Waals surface area contributed by atoms with E-state index in [2.05, 4.69) is 10.1 Å². The van der Waals surface area contributed by atoms with E-state index in [0.717, 1.165) is 0 Å². The molecule has 6 nitrogen and oxygen atoms in total. The van der Waals surface area contributed by atoms with Crippen LogP contribution in [0.1, 0.15) is 43.0 Å². The molecule has 2 aromatic rings. The topological polar surface area (TPSA) is 83.0 Å². The maximum atomic E-state index is 11.6. The number of nitrogens with two attached hydrogens (primary N) is 1. The minimum absolute atomic E-state index is 0.0855. The smallest absolute Gasteiger partial charge is 0.165 e. The van der Waals surface area contributed by atoms with Gasteiger partial charge in [-0.05, 0) is 39.0 Å². The number of ketones is 1. The van der Waals surface area contributed by atoms with Crippen molar-refractivity contribution < 1.29 is 9.53 Å². The molecule has 0 unspecified atom stereocenters. The molecule has 106 valence electrons.